The minimum Gasteiger partial charge on any atom is -0.481 e. The molecule has 0 bridgehead atoms. The van der Waals surface area contributed by atoms with Crippen LogP contribution in [0.2, 0.25) is 0 Å². The standard InChI is InChI=1S/C25H44O8/c1-3-5-7-8-9-10-11-12-13-14-16-17-20(23(29)30)25(24(31)32,19-21(26)27)33-22(28)18-15-6-4-2/h20H,3-19H2,1-2H3,(H,26,27)(H,29,30)(H,31,32). The molecule has 0 saturated carbocycles. The minimum absolute atomic E-state index is 0.0613. The van der Waals surface area contributed by atoms with Crippen molar-refractivity contribution in [1.82, 2.24) is 0 Å². The van der Waals surface area contributed by atoms with E-state index < -0.39 is 41.8 Å². The predicted molar refractivity (Wildman–Crippen MR) is 125 cm³/mol. The zero-order valence-corrected chi connectivity index (χ0v) is 20.5. The van der Waals surface area contributed by atoms with E-state index in [1.807, 2.05) is 6.92 Å². The van der Waals surface area contributed by atoms with Gasteiger partial charge in [-0.05, 0) is 12.8 Å². The molecule has 0 heterocycles. The summed E-state index contributed by atoms with van der Waals surface area (Å²) in [6, 6.07) is 0. The average Bonchev–Trinajstić information content (AvgIpc) is 2.73. The number of hydrogen-bond donors (Lipinski definition) is 3. The van der Waals surface area contributed by atoms with Crippen molar-refractivity contribution in [1.29, 1.82) is 0 Å². The molecule has 0 radical (unpaired) electrons. The Morgan fingerprint density at radius 1 is 0.697 bits per heavy atom. The number of carbonyl (C=O) groups excluding carboxylic acids is 1. The number of unbranched alkanes of at least 4 members (excludes halogenated alkanes) is 12. The lowest BCUT2D eigenvalue weighted by molar-refractivity contribution is -0.195. The Morgan fingerprint density at radius 2 is 1.15 bits per heavy atom. The molecule has 8 nitrogen and oxygen atoms in total. The van der Waals surface area contributed by atoms with E-state index in [1.54, 1.807) is 0 Å². The Labute approximate surface area is 198 Å². The summed E-state index contributed by atoms with van der Waals surface area (Å²) in [4.78, 5) is 47.6. The molecule has 0 amide bonds. The molecule has 2 atom stereocenters. The maximum absolute atomic E-state index is 12.2. The zero-order valence-electron chi connectivity index (χ0n) is 20.5. The van der Waals surface area contributed by atoms with E-state index >= 15 is 0 Å². The Hall–Kier alpha value is -2.12. The first kappa shape index (κ1) is 30.9. The van der Waals surface area contributed by atoms with Gasteiger partial charge in [0.15, 0.2) is 0 Å². The van der Waals surface area contributed by atoms with Crippen LogP contribution in [-0.2, 0) is 23.9 Å². The van der Waals surface area contributed by atoms with Gasteiger partial charge < -0.3 is 20.1 Å². The van der Waals surface area contributed by atoms with Gasteiger partial charge in [-0.3, -0.25) is 14.4 Å². The first-order valence-corrected chi connectivity index (χ1v) is 12.6. The van der Waals surface area contributed by atoms with Crippen molar-refractivity contribution in [2.24, 2.45) is 5.92 Å². The van der Waals surface area contributed by atoms with Gasteiger partial charge in [0.2, 0.25) is 5.60 Å². The third-order valence-corrected chi connectivity index (χ3v) is 6.01. The summed E-state index contributed by atoms with van der Waals surface area (Å²) < 4.78 is 5.13. The summed E-state index contributed by atoms with van der Waals surface area (Å²) in [6.07, 6.45) is 12.4. The van der Waals surface area contributed by atoms with Crippen LogP contribution in [0.15, 0.2) is 0 Å². The quantitative estimate of drug-likeness (QED) is 0.132. The van der Waals surface area contributed by atoms with Crippen LogP contribution in [0.1, 0.15) is 123 Å². The smallest absolute Gasteiger partial charge is 0.349 e. The van der Waals surface area contributed by atoms with Gasteiger partial charge in [0.25, 0.3) is 0 Å². The Kier molecular flexibility index (Phi) is 17.1. The van der Waals surface area contributed by atoms with Crippen LogP contribution in [0.5, 0.6) is 0 Å². The second-order valence-corrected chi connectivity index (χ2v) is 8.91. The SMILES string of the molecule is CCCCCCCCCCCCCC(C(=O)O)C(CC(=O)O)(OC(=O)CCCCC)C(=O)O. The number of rotatable bonds is 22. The summed E-state index contributed by atoms with van der Waals surface area (Å²) in [5.74, 6) is -7.22. The first-order chi connectivity index (χ1) is 15.7. The molecule has 0 spiro atoms. The van der Waals surface area contributed by atoms with Crippen LogP contribution >= 0.6 is 0 Å². The van der Waals surface area contributed by atoms with Gasteiger partial charge in [-0.15, -0.1) is 0 Å². The number of carbonyl (C=O) groups is 4. The number of ether oxygens (including phenoxy) is 1. The summed E-state index contributed by atoms with van der Waals surface area (Å²) >= 11 is 0. The second-order valence-electron chi connectivity index (χ2n) is 8.91. The fraction of sp³-hybridized carbons (Fsp3) is 0.840. The second kappa shape index (κ2) is 18.3. The van der Waals surface area contributed by atoms with Crippen LogP contribution in [0, 0.1) is 5.92 Å². The lowest BCUT2D eigenvalue weighted by Gasteiger charge is -2.33. The Balaban J connectivity index is 4.87. The molecular formula is C25H44O8. The summed E-state index contributed by atoms with van der Waals surface area (Å²) in [6.45, 7) is 4.13. The molecule has 0 fully saturated rings. The molecule has 0 aromatic rings. The summed E-state index contributed by atoms with van der Waals surface area (Å²) in [5, 5.41) is 28.8. The molecule has 3 N–H and O–H groups in total. The predicted octanol–water partition coefficient (Wildman–Crippen LogP) is 5.81. The van der Waals surface area contributed by atoms with Gasteiger partial charge in [-0.1, -0.05) is 97.3 Å². The maximum Gasteiger partial charge on any atom is 0.349 e. The topological polar surface area (TPSA) is 138 Å². The first-order valence-electron chi connectivity index (χ1n) is 12.6. The van der Waals surface area contributed by atoms with Crippen LogP contribution in [0.4, 0.5) is 0 Å². The van der Waals surface area contributed by atoms with Gasteiger partial charge in [-0.2, -0.15) is 0 Å². The van der Waals surface area contributed by atoms with Crippen LogP contribution in [0.25, 0.3) is 0 Å². The van der Waals surface area contributed by atoms with Gasteiger partial charge in [0.1, 0.15) is 5.92 Å². The Morgan fingerprint density at radius 3 is 1.58 bits per heavy atom. The zero-order chi connectivity index (χ0) is 25.1. The fourth-order valence-electron chi connectivity index (χ4n) is 4.07. The minimum atomic E-state index is -2.61. The van der Waals surface area contributed by atoms with E-state index in [2.05, 4.69) is 6.92 Å². The average molecular weight is 473 g/mol. The molecule has 8 heteroatoms. The molecule has 192 valence electrons. The number of carboxylic acid groups (broad SMARTS) is 3. The molecule has 0 rings (SSSR count). The van der Waals surface area contributed by atoms with E-state index in [1.165, 1.54) is 38.5 Å². The fourth-order valence-corrected chi connectivity index (χ4v) is 4.07. The Bertz CT molecular complexity index is 589. The van der Waals surface area contributed by atoms with Crippen molar-refractivity contribution < 1.29 is 39.2 Å². The molecule has 0 aliphatic carbocycles. The molecule has 0 aliphatic heterocycles. The van der Waals surface area contributed by atoms with E-state index in [9.17, 15) is 34.5 Å². The monoisotopic (exact) mass is 472 g/mol. The largest absolute Gasteiger partial charge is 0.481 e. The van der Waals surface area contributed by atoms with Gasteiger partial charge in [0, 0.05) is 6.42 Å². The van der Waals surface area contributed by atoms with Crippen molar-refractivity contribution in [2.45, 2.75) is 129 Å². The van der Waals surface area contributed by atoms with Crippen molar-refractivity contribution in [3.8, 4) is 0 Å². The molecule has 0 saturated heterocycles. The number of carboxylic acids is 3. The molecule has 2 unspecified atom stereocenters. The molecule has 33 heavy (non-hydrogen) atoms. The number of esters is 1. The van der Waals surface area contributed by atoms with E-state index in [4.69, 9.17) is 4.74 Å². The van der Waals surface area contributed by atoms with Gasteiger partial charge >= 0.3 is 23.9 Å². The number of aliphatic carboxylic acids is 3. The molecule has 0 aromatic heterocycles. The van der Waals surface area contributed by atoms with Crippen molar-refractivity contribution in [2.75, 3.05) is 0 Å². The normalized spacial score (nSPS) is 13.8. The highest BCUT2D eigenvalue weighted by Crippen LogP contribution is 2.33. The lowest BCUT2D eigenvalue weighted by atomic mass is 9.80. The van der Waals surface area contributed by atoms with Crippen molar-refractivity contribution >= 4 is 23.9 Å². The third-order valence-electron chi connectivity index (χ3n) is 6.01. The maximum atomic E-state index is 12.2. The van der Waals surface area contributed by atoms with Crippen LogP contribution in [-0.4, -0.2) is 44.8 Å². The summed E-state index contributed by atoms with van der Waals surface area (Å²) in [7, 11) is 0. The highest BCUT2D eigenvalue weighted by molar-refractivity contribution is 5.92. The lowest BCUT2D eigenvalue weighted by Crippen LogP contribution is -2.54. The molecular weight excluding hydrogens is 428 g/mol. The van der Waals surface area contributed by atoms with E-state index in [0.29, 0.717) is 19.3 Å². The number of hydrogen-bond acceptors (Lipinski definition) is 5. The third kappa shape index (κ3) is 13.2. The van der Waals surface area contributed by atoms with Gasteiger partial charge in [-0.25, -0.2) is 4.79 Å². The molecule has 0 aromatic carbocycles. The van der Waals surface area contributed by atoms with Gasteiger partial charge in [0.05, 0.1) is 6.42 Å². The van der Waals surface area contributed by atoms with E-state index in [-0.39, 0.29) is 12.8 Å². The highest BCUT2D eigenvalue weighted by atomic mass is 16.6. The van der Waals surface area contributed by atoms with Crippen LogP contribution < -0.4 is 0 Å². The van der Waals surface area contributed by atoms with Crippen molar-refractivity contribution in [3.05, 3.63) is 0 Å². The van der Waals surface area contributed by atoms with Crippen LogP contribution in [0.3, 0.4) is 0 Å². The summed E-state index contributed by atoms with van der Waals surface area (Å²) in [5.41, 5.74) is -2.61. The van der Waals surface area contributed by atoms with E-state index in [0.717, 1.165) is 32.1 Å². The van der Waals surface area contributed by atoms with Crippen molar-refractivity contribution in [3.63, 3.8) is 0 Å². The highest BCUT2D eigenvalue weighted by Gasteiger charge is 2.54. The molecule has 0 aliphatic rings.